The molecule has 0 heterocycles. The molecule has 0 aromatic heterocycles. The van der Waals surface area contributed by atoms with Gasteiger partial charge in [-0.1, -0.05) is 30.2 Å². The van der Waals surface area contributed by atoms with Crippen LogP contribution in [0.5, 0.6) is 5.75 Å². The van der Waals surface area contributed by atoms with Crippen molar-refractivity contribution in [3.63, 3.8) is 0 Å². The third-order valence-corrected chi connectivity index (χ3v) is 3.94. The smallest absolute Gasteiger partial charge is 0.255 e. The number of thiocarbonyl (C=S) groups is 1. The maximum absolute atomic E-state index is 12.1. The molecule has 0 bridgehead atoms. The van der Waals surface area contributed by atoms with Gasteiger partial charge in [-0.25, -0.2) is 0 Å². The van der Waals surface area contributed by atoms with E-state index in [1.165, 1.54) is 18.2 Å². The van der Waals surface area contributed by atoms with Gasteiger partial charge in [-0.05, 0) is 31.0 Å². The molecule has 1 aliphatic carbocycles. The molecule has 0 radical (unpaired) electrons. The minimum Gasteiger partial charge on any atom is -0.507 e. The van der Waals surface area contributed by atoms with Gasteiger partial charge in [-0.15, -0.1) is 0 Å². The summed E-state index contributed by atoms with van der Waals surface area (Å²) in [5.41, 5.74) is 5.83. The highest BCUT2D eigenvalue weighted by Crippen LogP contribution is 2.27. The number of aromatic hydroxyl groups is 1. The summed E-state index contributed by atoms with van der Waals surface area (Å²) in [4.78, 5) is 12.6. The largest absolute Gasteiger partial charge is 0.507 e. The van der Waals surface area contributed by atoms with E-state index in [9.17, 15) is 9.90 Å². The average Bonchev–Trinajstić information content (AvgIpc) is 2.80. The SMILES string of the molecule is NC(=S)C1CCCC1NC(=O)c1cc(Cl)ccc1O. The van der Waals surface area contributed by atoms with E-state index in [2.05, 4.69) is 5.32 Å². The van der Waals surface area contributed by atoms with Crippen molar-refractivity contribution in [1.82, 2.24) is 5.32 Å². The lowest BCUT2D eigenvalue weighted by atomic mass is 10.0. The van der Waals surface area contributed by atoms with Gasteiger partial charge in [0.2, 0.25) is 0 Å². The summed E-state index contributed by atoms with van der Waals surface area (Å²) < 4.78 is 0. The van der Waals surface area contributed by atoms with Crippen LogP contribution in [-0.2, 0) is 0 Å². The minimum absolute atomic E-state index is 0.0280. The number of carbonyl (C=O) groups excluding carboxylic acids is 1. The Morgan fingerprint density at radius 3 is 2.89 bits per heavy atom. The van der Waals surface area contributed by atoms with Gasteiger partial charge in [0.05, 0.1) is 10.6 Å². The molecule has 0 spiro atoms. The molecule has 1 aromatic carbocycles. The van der Waals surface area contributed by atoms with E-state index in [0.717, 1.165) is 19.3 Å². The van der Waals surface area contributed by atoms with Crippen molar-refractivity contribution in [2.75, 3.05) is 0 Å². The number of nitrogens with two attached hydrogens (primary N) is 1. The molecule has 2 atom stereocenters. The summed E-state index contributed by atoms with van der Waals surface area (Å²) in [6.07, 6.45) is 2.71. The number of nitrogens with one attached hydrogen (secondary N) is 1. The van der Waals surface area contributed by atoms with E-state index in [4.69, 9.17) is 29.6 Å². The van der Waals surface area contributed by atoms with Gasteiger partial charge < -0.3 is 16.2 Å². The Labute approximate surface area is 121 Å². The molecule has 1 saturated carbocycles. The third kappa shape index (κ3) is 3.16. The van der Waals surface area contributed by atoms with Crippen molar-refractivity contribution in [3.05, 3.63) is 28.8 Å². The first-order valence-electron chi connectivity index (χ1n) is 6.07. The molecule has 1 amide bonds. The molecular weight excluding hydrogens is 284 g/mol. The van der Waals surface area contributed by atoms with Crippen molar-refractivity contribution in [2.24, 2.45) is 11.7 Å². The summed E-state index contributed by atoms with van der Waals surface area (Å²) in [5, 5.41) is 13.0. The average molecular weight is 299 g/mol. The van der Waals surface area contributed by atoms with Crippen molar-refractivity contribution in [1.29, 1.82) is 0 Å². The van der Waals surface area contributed by atoms with E-state index in [1.807, 2.05) is 0 Å². The number of amides is 1. The van der Waals surface area contributed by atoms with Crippen molar-refractivity contribution < 1.29 is 9.90 Å². The Kier molecular flexibility index (Phi) is 4.27. The van der Waals surface area contributed by atoms with Gasteiger partial charge in [0, 0.05) is 17.0 Å². The van der Waals surface area contributed by atoms with Crippen molar-refractivity contribution in [2.45, 2.75) is 25.3 Å². The van der Waals surface area contributed by atoms with Crippen LogP contribution in [0.4, 0.5) is 0 Å². The highest BCUT2D eigenvalue weighted by Gasteiger charge is 2.31. The standard InChI is InChI=1S/C13H15ClN2O2S/c14-7-4-5-11(17)9(6-7)13(18)16-10-3-1-2-8(10)12(15)19/h4-6,8,10,17H,1-3H2,(H2,15,19)(H,16,18). The van der Waals surface area contributed by atoms with Crippen LogP contribution < -0.4 is 11.1 Å². The molecule has 4 N–H and O–H groups in total. The Morgan fingerprint density at radius 2 is 2.21 bits per heavy atom. The summed E-state index contributed by atoms with van der Waals surface area (Å²) >= 11 is 10.8. The third-order valence-electron chi connectivity index (χ3n) is 3.40. The zero-order valence-corrected chi connectivity index (χ0v) is 11.8. The molecule has 6 heteroatoms. The van der Waals surface area contributed by atoms with Crippen LogP contribution in [-0.4, -0.2) is 22.0 Å². The van der Waals surface area contributed by atoms with E-state index in [1.54, 1.807) is 0 Å². The first kappa shape index (κ1) is 14.1. The number of halogens is 1. The number of phenolic OH excluding ortho intramolecular Hbond substituents is 1. The predicted octanol–water partition coefficient (Wildman–Crippen LogP) is 2.23. The van der Waals surface area contributed by atoms with Crippen LogP contribution in [0.15, 0.2) is 18.2 Å². The lowest BCUT2D eigenvalue weighted by Crippen LogP contribution is -2.41. The van der Waals surface area contributed by atoms with Crippen LogP contribution in [0.1, 0.15) is 29.6 Å². The predicted molar refractivity (Wildman–Crippen MR) is 78.5 cm³/mol. The summed E-state index contributed by atoms with van der Waals surface area (Å²) in [7, 11) is 0. The maximum Gasteiger partial charge on any atom is 0.255 e. The number of phenols is 1. The van der Waals surface area contributed by atoms with Gasteiger partial charge in [0.25, 0.3) is 5.91 Å². The van der Waals surface area contributed by atoms with Gasteiger partial charge in [-0.3, -0.25) is 4.79 Å². The second-order valence-corrected chi connectivity index (χ2v) is 5.59. The van der Waals surface area contributed by atoms with Gasteiger partial charge in [0.1, 0.15) is 5.75 Å². The molecule has 1 fully saturated rings. The molecule has 102 valence electrons. The fourth-order valence-electron chi connectivity index (χ4n) is 2.41. The normalized spacial score (nSPS) is 22.2. The molecule has 0 aliphatic heterocycles. The number of benzene rings is 1. The zero-order valence-electron chi connectivity index (χ0n) is 10.2. The molecule has 2 unspecified atom stereocenters. The highest BCUT2D eigenvalue weighted by molar-refractivity contribution is 7.80. The summed E-state index contributed by atoms with van der Waals surface area (Å²) in [6.45, 7) is 0. The summed E-state index contributed by atoms with van der Waals surface area (Å²) in [5.74, 6) is -0.416. The Morgan fingerprint density at radius 1 is 1.47 bits per heavy atom. The Hall–Kier alpha value is -1.33. The fraction of sp³-hybridized carbons (Fsp3) is 0.385. The molecular formula is C13H15ClN2O2S. The molecule has 2 rings (SSSR count). The quantitative estimate of drug-likeness (QED) is 0.748. The van der Waals surface area contributed by atoms with E-state index < -0.39 is 0 Å². The molecule has 1 aromatic rings. The van der Waals surface area contributed by atoms with Crippen LogP contribution >= 0.6 is 23.8 Å². The van der Waals surface area contributed by atoms with E-state index >= 15 is 0 Å². The van der Waals surface area contributed by atoms with Crippen LogP contribution in [0.3, 0.4) is 0 Å². The molecule has 19 heavy (non-hydrogen) atoms. The molecule has 0 saturated heterocycles. The zero-order chi connectivity index (χ0) is 14.0. The van der Waals surface area contributed by atoms with E-state index in [0.29, 0.717) is 10.0 Å². The Balaban J connectivity index is 2.12. The van der Waals surface area contributed by atoms with Crippen molar-refractivity contribution >= 4 is 34.7 Å². The second-order valence-electron chi connectivity index (χ2n) is 4.68. The molecule has 1 aliphatic rings. The maximum atomic E-state index is 12.1. The van der Waals surface area contributed by atoms with Gasteiger partial charge in [-0.2, -0.15) is 0 Å². The lowest BCUT2D eigenvalue weighted by Gasteiger charge is -2.20. The van der Waals surface area contributed by atoms with Gasteiger partial charge in [0.15, 0.2) is 0 Å². The minimum atomic E-state index is -0.354. The number of hydrogen-bond acceptors (Lipinski definition) is 3. The molecule has 4 nitrogen and oxygen atoms in total. The van der Waals surface area contributed by atoms with Crippen LogP contribution in [0, 0.1) is 5.92 Å². The highest BCUT2D eigenvalue weighted by atomic mass is 35.5. The van der Waals surface area contributed by atoms with Crippen LogP contribution in [0.2, 0.25) is 5.02 Å². The number of carbonyl (C=O) groups is 1. The summed E-state index contributed by atoms with van der Waals surface area (Å²) in [6, 6.07) is 4.30. The van der Waals surface area contributed by atoms with E-state index in [-0.39, 0.29) is 29.2 Å². The first-order valence-corrected chi connectivity index (χ1v) is 6.86. The number of rotatable bonds is 3. The van der Waals surface area contributed by atoms with Crippen LogP contribution in [0.25, 0.3) is 0 Å². The second kappa shape index (κ2) is 5.75. The Bertz CT molecular complexity index is 521. The monoisotopic (exact) mass is 298 g/mol. The topological polar surface area (TPSA) is 75.3 Å². The van der Waals surface area contributed by atoms with Crippen molar-refractivity contribution in [3.8, 4) is 5.75 Å². The first-order chi connectivity index (χ1) is 8.99. The number of hydrogen-bond donors (Lipinski definition) is 3. The fourth-order valence-corrected chi connectivity index (χ4v) is 2.86. The lowest BCUT2D eigenvalue weighted by molar-refractivity contribution is 0.0931. The van der Waals surface area contributed by atoms with Gasteiger partial charge >= 0.3 is 0 Å².